The highest BCUT2D eigenvalue weighted by molar-refractivity contribution is 9.10. The lowest BCUT2D eigenvalue weighted by atomic mass is 10.2. The molecule has 0 saturated heterocycles. The minimum Gasteiger partial charge on any atom is -0.420 e. The Kier molecular flexibility index (Phi) is 4.24. The number of fused-ring (bicyclic) bond motifs is 1. The van der Waals surface area contributed by atoms with E-state index in [2.05, 4.69) is 15.9 Å². The fraction of sp³-hybridized carbons (Fsp3) is 0.100. The highest BCUT2D eigenvalue weighted by Crippen LogP contribution is 2.58. The highest BCUT2D eigenvalue weighted by Gasteiger charge is 2.23. The van der Waals surface area contributed by atoms with Crippen LogP contribution in [0.3, 0.4) is 0 Å². The Hall–Kier alpha value is -0.190. The normalized spacial score (nSPS) is 11.8. The molecule has 9 heteroatoms. The zero-order valence-electron chi connectivity index (χ0n) is 9.36. The first-order valence-corrected chi connectivity index (χ1v) is 9.50. The molecule has 0 radical (unpaired) electrons. The number of hydrogen-bond donors (Lipinski definition) is 0. The van der Waals surface area contributed by atoms with Gasteiger partial charge in [-0.2, -0.15) is 0 Å². The number of carbonyl (C=O) groups is 1. The van der Waals surface area contributed by atoms with Crippen LogP contribution >= 0.6 is 56.1 Å². The van der Waals surface area contributed by atoms with Crippen LogP contribution in [-0.4, -0.2) is 10.5 Å². The summed E-state index contributed by atoms with van der Waals surface area (Å²) < 4.78 is 18.3. The lowest BCUT2D eigenvalue weighted by molar-refractivity contribution is 0.0941. The van der Waals surface area contributed by atoms with Crippen molar-refractivity contribution in [1.29, 1.82) is 0 Å². The molecule has 0 bridgehead atoms. The van der Waals surface area contributed by atoms with E-state index in [1.807, 2.05) is 0 Å². The van der Waals surface area contributed by atoms with Gasteiger partial charge in [-0.25, -0.2) is 4.57 Å². The second kappa shape index (κ2) is 5.30. The van der Waals surface area contributed by atoms with Gasteiger partial charge in [0.2, 0.25) is 5.91 Å². The molecule has 0 aliphatic heterocycles. The van der Waals surface area contributed by atoms with Gasteiger partial charge < -0.3 is 4.52 Å². The van der Waals surface area contributed by atoms with Crippen LogP contribution in [0.5, 0.6) is 5.75 Å². The van der Waals surface area contributed by atoms with E-state index < -0.39 is 6.07 Å². The van der Waals surface area contributed by atoms with E-state index in [0.29, 0.717) is 20.4 Å². The predicted octanol–water partition coefficient (Wildman–Crippen LogP) is 5.68. The van der Waals surface area contributed by atoms with E-state index in [-0.39, 0.29) is 11.7 Å². The Morgan fingerprint density at radius 1 is 1.42 bits per heavy atom. The number of halogens is 4. The predicted molar refractivity (Wildman–Crippen MR) is 80.9 cm³/mol. The minimum absolute atomic E-state index is 0.0878. The Labute approximate surface area is 131 Å². The number of rotatable bonds is 2. The van der Waals surface area contributed by atoms with E-state index in [0.717, 1.165) is 0 Å². The first-order chi connectivity index (χ1) is 8.70. The van der Waals surface area contributed by atoms with Crippen molar-refractivity contribution in [2.75, 3.05) is 0 Å². The third kappa shape index (κ3) is 3.11. The third-order valence-corrected chi connectivity index (χ3v) is 4.47. The molecule has 0 atom stereocenters. The molecule has 2 rings (SSSR count). The summed E-state index contributed by atoms with van der Waals surface area (Å²) >= 11 is 20.2. The van der Waals surface area contributed by atoms with Crippen LogP contribution < -0.4 is 4.52 Å². The van der Waals surface area contributed by atoms with Gasteiger partial charge in [0.15, 0.2) is 5.75 Å². The molecule has 19 heavy (non-hydrogen) atoms. The second-order valence-corrected chi connectivity index (χ2v) is 9.08. The Balaban J connectivity index is 2.80. The lowest BCUT2D eigenvalue weighted by Crippen LogP contribution is -2.02. The highest BCUT2D eigenvalue weighted by atomic mass is 79.9. The van der Waals surface area contributed by atoms with Crippen molar-refractivity contribution in [3.8, 4) is 5.75 Å². The molecule has 2 aromatic rings. The molecule has 0 aliphatic carbocycles. The molecular formula is C10H6BrCl3NO3P. The standard InChI is InChI=1S/C10H6BrCl3NO3P/c1-5(16)15-4-8(18-19(13,14)17)9-7(15)3-2-6(11)10(9)12/h2-4H,1H3. The van der Waals surface area contributed by atoms with Gasteiger partial charge in [0.05, 0.1) is 22.1 Å². The SMILES string of the molecule is CC(=O)n1cc(OP(=O)(Cl)Cl)c2c(Cl)c(Br)ccc21. The topological polar surface area (TPSA) is 48.3 Å². The summed E-state index contributed by atoms with van der Waals surface area (Å²) in [5.41, 5.74) is 0.512. The van der Waals surface area contributed by atoms with Crippen LogP contribution in [0.2, 0.25) is 5.02 Å². The van der Waals surface area contributed by atoms with Crippen LogP contribution in [0.15, 0.2) is 22.8 Å². The average molecular weight is 405 g/mol. The smallest absolute Gasteiger partial charge is 0.420 e. The molecular weight excluding hydrogens is 399 g/mol. The van der Waals surface area contributed by atoms with Crippen LogP contribution in [0, 0.1) is 0 Å². The van der Waals surface area contributed by atoms with E-state index in [4.69, 9.17) is 38.6 Å². The summed E-state index contributed by atoms with van der Waals surface area (Å²) in [7, 11) is 0. The molecule has 1 heterocycles. The molecule has 1 aromatic heterocycles. The Morgan fingerprint density at radius 2 is 2.05 bits per heavy atom. The van der Waals surface area contributed by atoms with Gasteiger partial charge >= 0.3 is 6.07 Å². The fourth-order valence-corrected chi connectivity index (χ4v) is 3.07. The molecule has 102 valence electrons. The molecule has 1 aromatic carbocycles. The molecule has 0 fully saturated rings. The van der Waals surface area contributed by atoms with Gasteiger partial charge in [0, 0.05) is 33.9 Å². The molecule has 4 nitrogen and oxygen atoms in total. The monoisotopic (exact) mass is 403 g/mol. The van der Waals surface area contributed by atoms with Crippen molar-refractivity contribution in [1.82, 2.24) is 4.57 Å². The number of aromatic nitrogens is 1. The van der Waals surface area contributed by atoms with Crippen molar-refractivity contribution in [3.05, 3.63) is 27.8 Å². The minimum atomic E-state index is -3.80. The van der Waals surface area contributed by atoms with E-state index in [1.165, 1.54) is 17.7 Å². The number of carbonyl (C=O) groups excluding carboxylic acids is 1. The maximum Gasteiger partial charge on any atom is 0.428 e. The van der Waals surface area contributed by atoms with Crippen molar-refractivity contribution in [2.45, 2.75) is 6.92 Å². The van der Waals surface area contributed by atoms with Crippen molar-refractivity contribution >= 4 is 72.9 Å². The number of hydrogen-bond acceptors (Lipinski definition) is 3. The maximum absolute atomic E-state index is 11.6. The Bertz CT molecular complexity index is 724. The van der Waals surface area contributed by atoms with Gasteiger partial charge in [0.25, 0.3) is 0 Å². The van der Waals surface area contributed by atoms with Crippen LogP contribution in [0.1, 0.15) is 11.7 Å². The summed E-state index contributed by atoms with van der Waals surface area (Å²) in [5, 5.41) is 0.724. The number of nitrogens with zero attached hydrogens (tertiary/aromatic N) is 1. The first-order valence-electron chi connectivity index (χ1n) is 4.89. The number of benzene rings is 1. The zero-order valence-corrected chi connectivity index (χ0v) is 14.1. The Morgan fingerprint density at radius 3 is 2.58 bits per heavy atom. The fourth-order valence-electron chi connectivity index (χ4n) is 1.67. The van der Waals surface area contributed by atoms with Crippen molar-refractivity contribution in [3.63, 3.8) is 0 Å². The van der Waals surface area contributed by atoms with E-state index >= 15 is 0 Å². The van der Waals surface area contributed by atoms with Gasteiger partial charge in [-0.05, 0) is 28.1 Å². The van der Waals surface area contributed by atoms with Crippen LogP contribution in [-0.2, 0) is 4.57 Å². The van der Waals surface area contributed by atoms with Crippen LogP contribution in [0.4, 0.5) is 0 Å². The van der Waals surface area contributed by atoms with Crippen molar-refractivity contribution in [2.24, 2.45) is 0 Å². The summed E-state index contributed by atoms with van der Waals surface area (Å²) in [4.78, 5) is 11.6. The summed E-state index contributed by atoms with van der Waals surface area (Å²) in [6.07, 6.45) is -2.45. The van der Waals surface area contributed by atoms with Crippen molar-refractivity contribution < 1.29 is 13.9 Å². The molecule has 0 amide bonds. The third-order valence-electron chi connectivity index (χ3n) is 2.37. The summed E-state index contributed by atoms with van der Waals surface area (Å²) in [5.74, 6) is -0.165. The molecule has 0 N–H and O–H groups in total. The average Bonchev–Trinajstić information content (AvgIpc) is 2.61. The summed E-state index contributed by atoms with van der Waals surface area (Å²) in [6.45, 7) is 1.38. The van der Waals surface area contributed by atoms with Gasteiger partial charge in [0.1, 0.15) is 0 Å². The van der Waals surface area contributed by atoms with Gasteiger partial charge in [-0.15, -0.1) is 0 Å². The maximum atomic E-state index is 11.6. The van der Waals surface area contributed by atoms with Gasteiger partial charge in [-0.3, -0.25) is 9.36 Å². The van der Waals surface area contributed by atoms with Crippen LogP contribution in [0.25, 0.3) is 10.9 Å². The quantitative estimate of drug-likeness (QED) is 0.604. The molecule has 0 saturated carbocycles. The van der Waals surface area contributed by atoms with E-state index in [1.54, 1.807) is 12.1 Å². The first kappa shape index (κ1) is 15.2. The molecule has 0 unspecified atom stereocenters. The largest absolute Gasteiger partial charge is 0.428 e. The van der Waals surface area contributed by atoms with E-state index in [9.17, 15) is 9.36 Å². The zero-order chi connectivity index (χ0) is 14.4. The molecule has 0 aliphatic rings. The second-order valence-electron chi connectivity index (χ2n) is 3.64. The lowest BCUT2D eigenvalue weighted by Gasteiger charge is -2.05. The summed E-state index contributed by atoms with van der Waals surface area (Å²) in [6, 6.07) is 3.36. The molecule has 0 spiro atoms. The van der Waals surface area contributed by atoms with Gasteiger partial charge in [-0.1, -0.05) is 11.6 Å².